The van der Waals surface area contributed by atoms with Crippen molar-refractivity contribution in [3.8, 4) is 17.1 Å². The van der Waals surface area contributed by atoms with Crippen LogP contribution in [0.1, 0.15) is 41.4 Å². The molecule has 49 heavy (non-hydrogen) atoms. The number of aliphatic hydroxyl groups is 1. The summed E-state index contributed by atoms with van der Waals surface area (Å²) < 4.78 is 65.5. The molecule has 0 atom stereocenters. The van der Waals surface area contributed by atoms with E-state index in [1.54, 1.807) is 30.3 Å². The van der Waals surface area contributed by atoms with Gasteiger partial charge in [-0.3, -0.25) is 4.90 Å². The number of anilines is 2. The maximum atomic E-state index is 15.2. The normalized spacial score (nSPS) is 14.3. The lowest BCUT2D eigenvalue weighted by atomic mass is 9.90. The molecule has 1 aliphatic heterocycles. The number of aryl methyl sites for hydroxylation is 1. The first-order valence-corrected chi connectivity index (χ1v) is 16.0. The lowest BCUT2D eigenvalue weighted by Gasteiger charge is -2.34. The molecule has 0 bridgehead atoms. The van der Waals surface area contributed by atoms with Gasteiger partial charge >= 0.3 is 0 Å². The van der Waals surface area contributed by atoms with Crippen molar-refractivity contribution < 1.29 is 27.4 Å². The first-order chi connectivity index (χ1) is 23.6. The maximum Gasteiger partial charge on any atom is 0.278 e. The standard InChI is InChI=1S/C36H37F4N7O2/c1-4-36(39,40)21-46-13-10-24(11-14-46)27-19-42-35(45-34(27)44-32-9-12-41-23(3)43-32)33-22(2)47(31-8-6-5-7-26(31)33)20-28-29(37)17-25(18-30(28)38)49-16-15-48/h4-9,12,17-19,24,48H,1,10-11,13-16,20-21H2,2-3H3,(H,41,42,43,44,45). The highest BCUT2D eigenvalue weighted by Crippen LogP contribution is 2.38. The molecule has 2 aromatic carbocycles. The molecule has 6 rings (SSSR count). The molecule has 0 unspecified atom stereocenters. The Labute approximate surface area is 281 Å². The third-order valence-corrected chi connectivity index (χ3v) is 8.85. The Morgan fingerprint density at radius 3 is 2.49 bits per heavy atom. The number of rotatable bonds is 12. The second-order valence-electron chi connectivity index (χ2n) is 12.1. The van der Waals surface area contributed by atoms with E-state index in [0.29, 0.717) is 66.5 Å². The van der Waals surface area contributed by atoms with Gasteiger partial charge in [-0.15, -0.1) is 0 Å². The van der Waals surface area contributed by atoms with Crippen LogP contribution in [0.5, 0.6) is 5.75 Å². The molecule has 13 heteroatoms. The fraction of sp³-hybridized carbons (Fsp3) is 0.333. The number of likely N-dealkylation sites (tertiary alicyclic amines) is 1. The highest BCUT2D eigenvalue weighted by atomic mass is 19.3. The summed E-state index contributed by atoms with van der Waals surface area (Å²) in [4.78, 5) is 20.3. The number of hydrogen-bond donors (Lipinski definition) is 2. The van der Waals surface area contributed by atoms with Crippen LogP contribution in [0.15, 0.2) is 67.5 Å². The fourth-order valence-electron chi connectivity index (χ4n) is 6.38. The van der Waals surface area contributed by atoms with Crippen molar-refractivity contribution in [2.75, 3.05) is 38.2 Å². The van der Waals surface area contributed by atoms with Crippen LogP contribution in [-0.2, 0) is 6.54 Å². The second-order valence-corrected chi connectivity index (χ2v) is 12.1. The largest absolute Gasteiger partial charge is 0.491 e. The van der Waals surface area contributed by atoms with E-state index in [1.165, 1.54) is 0 Å². The molecular formula is C36H37F4N7O2. The van der Waals surface area contributed by atoms with Crippen molar-refractivity contribution >= 4 is 22.5 Å². The first-order valence-electron chi connectivity index (χ1n) is 16.0. The Balaban J connectivity index is 1.38. The lowest BCUT2D eigenvalue weighted by Crippen LogP contribution is -2.40. The summed E-state index contributed by atoms with van der Waals surface area (Å²) >= 11 is 0. The number of aromatic nitrogens is 5. The van der Waals surface area contributed by atoms with Crippen LogP contribution in [0.3, 0.4) is 0 Å². The van der Waals surface area contributed by atoms with Crippen LogP contribution in [0.4, 0.5) is 29.2 Å². The quantitative estimate of drug-likeness (QED) is 0.108. The summed E-state index contributed by atoms with van der Waals surface area (Å²) in [5, 5.41) is 13.2. The topological polar surface area (TPSA) is 101 Å². The van der Waals surface area contributed by atoms with Gasteiger partial charge < -0.3 is 19.7 Å². The van der Waals surface area contributed by atoms with Gasteiger partial charge in [0.25, 0.3) is 5.92 Å². The van der Waals surface area contributed by atoms with Gasteiger partial charge in [-0.2, -0.15) is 0 Å². The van der Waals surface area contributed by atoms with Gasteiger partial charge in [-0.1, -0.05) is 24.8 Å². The predicted molar refractivity (Wildman–Crippen MR) is 179 cm³/mol. The average molecular weight is 676 g/mol. The molecule has 1 aliphatic rings. The molecule has 0 amide bonds. The Bertz CT molecular complexity index is 1950. The molecule has 1 fully saturated rings. The number of halogens is 4. The fourth-order valence-corrected chi connectivity index (χ4v) is 6.38. The first kappa shape index (κ1) is 34.0. The van der Waals surface area contributed by atoms with E-state index >= 15 is 8.78 Å². The van der Waals surface area contributed by atoms with Crippen molar-refractivity contribution in [1.82, 2.24) is 29.4 Å². The molecule has 0 aliphatic carbocycles. The predicted octanol–water partition coefficient (Wildman–Crippen LogP) is 6.95. The smallest absolute Gasteiger partial charge is 0.278 e. The number of benzene rings is 2. The van der Waals surface area contributed by atoms with Gasteiger partial charge in [0, 0.05) is 57.8 Å². The van der Waals surface area contributed by atoms with Crippen LogP contribution in [0.25, 0.3) is 22.3 Å². The summed E-state index contributed by atoms with van der Waals surface area (Å²) in [6.45, 7) is 7.03. The minimum absolute atomic E-state index is 0.00430. The molecule has 5 aromatic rings. The zero-order valence-electron chi connectivity index (χ0n) is 27.3. The number of aliphatic hydroxyl groups excluding tert-OH is 1. The molecule has 0 saturated carbocycles. The molecule has 0 radical (unpaired) electrons. The van der Waals surface area contributed by atoms with Crippen molar-refractivity contribution in [1.29, 1.82) is 0 Å². The van der Waals surface area contributed by atoms with E-state index in [0.717, 1.165) is 28.6 Å². The van der Waals surface area contributed by atoms with E-state index in [-0.39, 0.29) is 43.5 Å². The van der Waals surface area contributed by atoms with Crippen molar-refractivity contribution in [2.24, 2.45) is 0 Å². The molecule has 0 spiro atoms. The molecule has 3 aromatic heterocycles. The molecular weight excluding hydrogens is 638 g/mol. The number of hydrogen-bond acceptors (Lipinski definition) is 8. The number of nitrogens with one attached hydrogen (secondary N) is 1. The Morgan fingerprint density at radius 2 is 1.80 bits per heavy atom. The Kier molecular flexibility index (Phi) is 9.93. The van der Waals surface area contributed by atoms with Gasteiger partial charge in [0.15, 0.2) is 5.82 Å². The molecule has 256 valence electrons. The summed E-state index contributed by atoms with van der Waals surface area (Å²) in [6, 6.07) is 11.5. The number of piperidine rings is 1. The molecule has 9 nitrogen and oxygen atoms in total. The third-order valence-electron chi connectivity index (χ3n) is 8.85. The number of ether oxygens (including phenoxy) is 1. The van der Waals surface area contributed by atoms with E-state index in [9.17, 15) is 8.78 Å². The summed E-state index contributed by atoms with van der Waals surface area (Å²) in [6.07, 6.45) is 5.37. The Hall–Kier alpha value is -4.88. The van der Waals surface area contributed by atoms with E-state index < -0.39 is 17.6 Å². The molecule has 2 N–H and O–H groups in total. The summed E-state index contributed by atoms with van der Waals surface area (Å²) in [7, 11) is 0. The van der Waals surface area contributed by atoms with Crippen LogP contribution in [0, 0.1) is 25.5 Å². The minimum Gasteiger partial charge on any atom is -0.491 e. The SMILES string of the molecule is C=CC(F)(F)CN1CCC(c2cnc(-c3c(C)n(Cc4c(F)cc(OCCO)cc4F)c4ccccc34)nc2Nc2ccnc(C)n2)CC1. The molecule has 1 saturated heterocycles. The highest BCUT2D eigenvalue weighted by Gasteiger charge is 2.32. The summed E-state index contributed by atoms with van der Waals surface area (Å²) in [5.74, 6) is -2.44. The van der Waals surface area contributed by atoms with Crippen LogP contribution < -0.4 is 10.1 Å². The number of alkyl halides is 2. The van der Waals surface area contributed by atoms with Crippen LogP contribution >= 0.6 is 0 Å². The van der Waals surface area contributed by atoms with Crippen LogP contribution in [0.2, 0.25) is 0 Å². The third kappa shape index (κ3) is 7.42. The van der Waals surface area contributed by atoms with Crippen molar-refractivity contribution in [3.63, 3.8) is 0 Å². The number of para-hydroxylation sites is 1. The highest BCUT2D eigenvalue weighted by molar-refractivity contribution is 5.96. The zero-order chi connectivity index (χ0) is 34.7. The maximum absolute atomic E-state index is 15.2. The minimum atomic E-state index is -2.96. The average Bonchev–Trinajstić information content (AvgIpc) is 3.36. The van der Waals surface area contributed by atoms with E-state index in [4.69, 9.17) is 19.8 Å². The number of fused-ring (bicyclic) bond motifs is 1. The van der Waals surface area contributed by atoms with Gasteiger partial charge in [-0.05, 0) is 63.9 Å². The van der Waals surface area contributed by atoms with Gasteiger partial charge in [-0.25, -0.2) is 37.5 Å². The van der Waals surface area contributed by atoms with Crippen LogP contribution in [-0.4, -0.2) is 73.3 Å². The number of nitrogens with zero attached hydrogens (tertiary/aromatic N) is 6. The van der Waals surface area contributed by atoms with E-state index in [2.05, 4.69) is 21.9 Å². The van der Waals surface area contributed by atoms with E-state index in [1.807, 2.05) is 35.8 Å². The Morgan fingerprint density at radius 1 is 1.06 bits per heavy atom. The zero-order valence-corrected chi connectivity index (χ0v) is 27.3. The summed E-state index contributed by atoms with van der Waals surface area (Å²) in [5.41, 5.74) is 2.85. The van der Waals surface area contributed by atoms with Gasteiger partial charge in [0.1, 0.15) is 41.5 Å². The van der Waals surface area contributed by atoms with Crippen molar-refractivity contribution in [2.45, 2.75) is 45.1 Å². The second kappa shape index (κ2) is 14.3. The van der Waals surface area contributed by atoms with Gasteiger partial charge in [0.2, 0.25) is 0 Å². The molecule has 4 heterocycles. The van der Waals surface area contributed by atoms with Crippen molar-refractivity contribution in [3.05, 3.63) is 102 Å². The monoisotopic (exact) mass is 675 g/mol. The van der Waals surface area contributed by atoms with Gasteiger partial charge in [0.05, 0.1) is 19.7 Å². The lowest BCUT2D eigenvalue weighted by molar-refractivity contribution is 0.00687.